The molecule has 0 radical (unpaired) electrons. The van der Waals surface area contributed by atoms with Crippen LogP contribution in [0.5, 0.6) is 0 Å². The molecule has 1 unspecified atom stereocenters. The molecule has 0 spiro atoms. The summed E-state index contributed by atoms with van der Waals surface area (Å²) in [7, 11) is 3.27. The van der Waals surface area contributed by atoms with E-state index < -0.39 is 0 Å². The van der Waals surface area contributed by atoms with Gasteiger partial charge in [0.1, 0.15) is 11.6 Å². The van der Waals surface area contributed by atoms with E-state index in [2.05, 4.69) is 76.5 Å². The van der Waals surface area contributed by atoms with E-state index in [4.69, 9.17) is 19.4 Å². The number of hydrogen-bond acceptors (Lipinski definition) is 9. The number of nitrogens with zero attached hydrogens (tertiary/aromatic N) is 5. The van der Waals surface area contributed by atoms with Gasteiger partial charge in [-0.2, -0.15) is 4.98 Å². The summed E-state index contributed by atoms with van der Waals surface area (Å²) in [6.45, 7) is 9.17. The predicted octanol–water partition coefficient (Wildman–Crippen LogP) is 4.41. The minimum atomic E-state index is -0.365. The SMILES string of the molecule is COC(CNc1cc(-c2ccnc(NC(C)c3ccccc3)c2)nc(N2C[C@@H]3C[C@H]2CN3C(C)C)n1)OC. The summed E-state index contributed by atoms with van der Waals surface area (Å²) >= 11 is 0. The second-order valence-electron chi connectivity index (χ2n) is 10.4. The monoisotopic (exact) mass is 517 g/mol. The Kier molecular flexibility index (Phi) is 8.06. The second-order valence-corrected chi connectivity index (χ2v) is 10.4. The minimum absolute atomic E-state index is 0.126. The van der Waals surface area contributed by atoms with Gasteiger partial charge in [-0.05, 0) is 44.9 Å². The molecule has 38 heavy (non-hydrogen) atoms. The van der Waals surface area contributed by atoms with Gasteiger partial charge in [-0.25, -0.2) is 9.97 Å². The number of anilines is 3. The van der Waals surface area contributed by atoms with Crippen molar-refractivity contribution in [2.24, 2.45) is 0 Å². The average molecular weight is 518 g/mol. The van der Waals surface area contributed by atoms with Crippen LogP contribution >= 0.6 is 0 Å². The van der Waals surface area contributed by atoms with E-state index in [1.807, 2.05) is 24.4 Å². The molecule has 1 aromatic carbocycles. The first kappa shape index (κ1) is 26.3. The van der Waals surface area contributed by atoms with Gasteiger partial charge in [-0.3, -0.25) is 4.90 Å². The number of aromatic nitrogens is 3. The number of fused-ring (bicyclic) bond motifs is 2. The fourth-order valence-corrected chi connectivity index (χ4v) is 5.54. The van der Waals surface area contributed by atoms with Crippen molar-refractivity contribution in [3.05, 3.63) is 60.3 Å². The lowest BCUT2D eigenvalue weighted by Gasteiger charge is -2.36. The molecule has 0 amide bonds. The van der Waals surface area contributed by atoms with E-state index in [1.54, 1.807) is 14.2 Å². The third-order valence-electron chi connectivity index (χ3n) is 7.61. The third kappa shape index (κ3) is 5.75. The van der Waals surface area contributed by atoms with Gasteiger partial charge in [0.15, 0.2) is 6.29 Å². The van der Waals surface area contributed by atoms with Crippen molar-refractivity contribution in [2.45, 2.75) is 57.6 Å². The van der Waals surface area contributed by atoms with Gasteiger partial charge < -0.3 is 25.0 Å². The van der Waals surface area contributed by atoms with Gasteiger partial charge in [-0.1, -0.05) is 30.3 Å². The molecule has 2 aliphatic heterocycles. The van der Waals surface area contributed by atoms with Crippen LogP contribution in [-0.2, 0) is 9.47 Å². The molecule has 5 rings (SSSR count). The van der Waals surface area contributed by atoms with Crippen LogP contribution in [0.1, 0.15) is 38.8 Å². The van der Waals surface area contributed by atoms with Crippen molar-refractivity contribution in [1.82, 2.24) is 19.9 Å². The maximum Gasteiger partial charge on any atom is 0.228 e. The van der Waals surface area contributed by atoms with Gasteiger partial charge in [0.25, 0.3) is 0 Å². The van der Waals surface area contributed by atoms with Crippen molar-refractivity contribution in [3.63, 3.8) is 0 Å². The number of pyridine rings is 1. The van der Waals surface area contributed by atoms with Gasteiger partial charge in [0, 0.05) is 69.3 Å². The summed E-state index contributed by atoms with van der Waals surface area (Å²) in [6.07, 6.45) is 2.62. The Morgan fingerprint density at radius 1 is 0.947 bits per heavy atom. The van der Waals surface area contributed by atoms with Crippen LogP contribution in [0.2, 0.25) is 0 Å². The number of methoxy groups -OCH3 is 2. The minimum Gasteiger partial charge on any atom is -0.365 e. The molecule has 2 N–H and O–H groups in total. The largest absolute Gasteiger partial charge is 0.365 e. The number of hydrogen-bond donors (Lipinski definition) is 2. The Balaban J connectivity index is 1.42. The second kappa shape index (κ2) is 11.6. The molecule has 4 heterocycles. The molecule has 0 aliphatic carbocycles. The number of piperazine rings is 1. The number of ether oxygens (including phenoxy) is 2. The predicted molar refractivity (Wildman–Crippen MR) is 151 cm³/mol. The first-order chi connectivity index (χ1) is 18.4. The molecule has 2 saturated heterocycles. The Bertz CT molecular complexity index is 1200. The zero-order valence-electron chi connectivity index (χ0n) is 23.0. The van der Waals surface area contributed by atoms with Crippen LogP contribution in [0, 0.1) is 0 Å². The van der Waals surface area contributed by atoms with Gasteiger partial charge in [0.05, 0.1) is 12.2 Å². The molecule has 9 heteroatoms. The molecule has 0 saturated carbocycles. The summed E-state index contributed by atoms with van der Waals surface area (Å²) in [5.41, 5.74) is 3.05. The Morgan fingerprint density at radius 3 is 2.42 bits per heavy atom. The molecule has 202 valence electrons. The van der Waals surface area contributed by atoms with Crippen molar-refractivity contribution in [2.75, 3.05) is 49.4 Å². The van der Waals surface area contributed by atoms with Gasteiger partial charge in [-0.15, -0.1) is 0 Å². The topological polar surface area (TPSA) is 87.7 Å². The Hall–Kier alpha value is -3.27. The molecule has 2 bridgehead atoms. The average Bonchev–Trinajstić information content (AvgIpc) is 3.56. The number of benzene rings is 1. The molecule has 9 nitrogen and oxygen atoms in total. The highest BCUT2D eigenvalue weighted by molar-refractivity contribution is 5.67. The lowest BCUT2D eigenvalue weighted by atomic mass is 10.1. The van der Waals surface area contributed by atoms with Crippen LogP contribution in [0.25, 0.3) is 11.3 Å². The summed E-state index contributed by atoms with van der Waals surface area (Å²) < 4.78 is 10.7. The quantitative estimate of drug-likeness (QED) is 0.359. The van der Waals surface area contributed by atoms with E-state index in [9.17, 15) is 0 Å². The fraction of sp³-hybridized carbons (Fsp3) is 0.483. The normalized spacial score (nSPS) is 19.9. The van der Waals surface area contributed by atoms with Crippen LogP contribution < -0.4 is 15.5 Å². The van der Waals surface area contributed by atoms with Crippen molar-refractivity contribution >= 4 is 17.6 Å². The van der Waals surface area contributed by atoms with Crippen LogP contribution in [0.4, 0.5) is 17.6 Å². The lowest BCUT2D eigenvalue weighted by molar-refractivity contribution is -0.0914. The van der Waals surface area contributed by atoms with E-state index in [-0.39, 0.29) is 12.3 Å². The maximum atomic E-state index is 5.37. The highest BCUT2D eigenvalue weighted by atomic mass is 16.7. The zero-order chi connectivity index (χ0) is 26.6. The number of likely N-dealkylation sites (tertiary alicyclic amines) is 1. The van der Waals surface area contributed by atoms with Crippen molar-refractivity contribution in [3.8, 4) is 11.3 Å². The summed E-state index contributed by atoms with van der Waals surface area (Å²) in [5, 5.41) is 6.92. The lowest BCUT2D eigenvalue weighted by Crippen LogP contribution is -2.49. The van der Waals surface area contributed by atoms with Crippen LogP contribution in [0.3, 0.4) is 0 Å². The highest BCUT2D eigenvalue weighted by Gasteiger charge is 2.45. The van der Waals surface area contributed by atoms with Crippen molar-refractivity contribution < 1.29 is 9.47 Å². The molecule has 2 fully saturated rings. The molecule has 3 atom stereocenters. The van der Waals surface area contributed by atoms with E-state index in [0.29, 0.717) is 24.7 Å². The summed E-state index contributed by atoms with van der Waals surface area (Å²) in [4.78, 5) is 19.5. The Labute approximate surface area is 225 Å². The summed E-state index contributed by atoms with van der Waals surface area (Å²) in [5.74, 6) is 2.31. The molecular formula is C29H39N7O2. The fourth-order valence-electron chi connectivity index (χ4n) is 5.54. The first-order valence-corrected chi connectivity index (χ1v) is 13.4. The first-order valence-electron chi connectivity index (χ1n) is 13.4. The van der Waals surface area contributed by atoms with Gasteiger partial charge >= 0.3 is 0 Å². The number of rotatable bonds is 11. The zero-order valence-corrected chi connectivity index (χ0v) is 23.0. The number of nitrogens with one attached hydrogen (secondary N) is 2. The Morgan fingerprint density at radius 2 is 1.74 bits per heavy atom. The molecule has 3 aromatic rings. The smallest absolute Gasteiger partial charge is 0.228 e. The van der Waals surface area contributed by atoms with Crippen LogP contribution in [-0.4, -0.2) is 78.1 Å². The maximum absolute atomic E-state index is 5.37. The van der Waals surface area contributed by atoms with Gasteiger partial charge in [0.2, 0.25) is 5.95 Å². The molecule has 2 aromatic heterocycles. The van der Waals surface area contributed by atoms with E-state index in [0.717, 1.165) is 48.4 Å². The standard InChI is InChI=1S/C29H39N7O2/c1-19(2)35-17-24-14-23(35)18-36(24)29-33-25(15-27(34-29)31-16-28(37-4)38-5)22-11-12-30-26(13-22)32-20(3)21-9-7-6-8-10-21/h6-13,15,19-20,23-24,28H,14,16-18H2,1-5H3,(H,30,32)(H,31,33,34)/t20?,23-,24-/m0/s1. The van der Waals surface area contributed by atoms with Crippen LogP contribution in [0.15, 0.2) is 54.7 Å². The summed E-state index contributed by atoms with van der Waals surface area (Å²) in [6, 6.07) is 18.1. The molecular weight excluding hydrogens is 478 g/mol. The van der Waals surface area contributed by atoms with E-state index >= 15 is 0 Å². The molecule has 2 aliphatic rings. The van der Waals surface area contributed by atoms with Crippen molar-refractivity contribution in [1.29, 1.82) is 0 Å². The van der Waals surface area contributed by atoms with E-state index in [1.165, 1.54) is 5.56 Å². The highest BCUT2D eigenvalue weighted by Crippen LogP contribution is 2.35. The third-order valence-corrected chi connectivity index (χ3v) is 7.61.